The van der Waals surface area contributed by atoms with Gasteiger partial charge in [0.05, 0.1) is 20.5 Å². The molecular weight excluding hydrogens is 400 g/mol. The third-order valence-corrected chi connectivity index (χ3v) is 4.73. The second-order valence-corrected chi connectivity index (χ2v) is 7.36. The second kappa shape index (κ2) is 9.03. The van der Waals surface area contributed by atoms with Crippen LogP contribution in [0.25, 0.3) is 26.8 Å². The van der Waals surface area contributed by atoms with Gasteiger partial charge in [-0.2, -0.15) is 14.0 Å². The molecular formula is C20H16ClN2O4S+. The van der Waals surface area contributed by atoms with E-state index < -0.39 is 10.2 Å². The van der Waals surface area contributed by atoms with Crippen LogP contribution in [-0.4, -0.2) is 9.76 Å². The van der Waals surface area contributed by atoms with Gasteiger partial charge in [0.1, 0.15) is 0 Å². The van der Waals surface area contributed by atoms with E-state index in [-0.39, 0.29) is 0 Å². The molecule has 142 valence electrons. The summed E-state index contributed by atoms with van der Waals surface area (Å²) in [5.41, 5.74) is 3.39. The van der Waals surface area contributed by atoms with E-state index >= 15 is 0 Å². The Kier molecular flexibility index (Phi) is 6.48. The molecule has 3 aromatic carbocycles. The van der Waals surface area contributed by atoms with Crippen molar-refractivity contribution >= 4 is 11.3 Å². The van der Waals surface area contributed by atoms with Crippen LogP contribution >= 0.6 is 11.3 Å². The molecule has 4 rings (SSSR count). The zero-order chi connectivity index (χ0) is 20.0. The van der Waals surface area contributed by atoms with E-state index in [9.17, 15) is 0 Å². The Hall–Kier alpha value is -2.65. The van der Waals surface area contributed by atoms with Crippen LogP contribution in [0, 0.1) is 10.2 Å². The van der Waals surface area contributed by atoms with Crippen molar-refractivity contribution in [3.05, 3.63) is 91.0 Å². The smallest absolute Gasteiger partial charge is 0.183 e. The average Bonchev–Trinajstić information content (AvgIpc) is 3.14. The van der Waals surface area contributed by atoms with Gasteiger partial charge in [0.25, 0.3) is 0 Å². The average molecular weight is 416 g/mol. The Labute approximate surface area is 168 Å². The van der Waals surface area contributed by atoms with Crippen molar-refractivity contribution in [1.29, 1.82) is 0 Å². The van der Waals surface area contributed by atoms with Gasteiger partial charge >= 0.3 is 5.01 Å². The lowest BCUT2D eigenvalue weighted by molar-refractivity contribution is -1.92. The van der Waals surface area contributed by atoms with E-state index in [4.69, 9.17) is 23.7 Å². The topological polar surface area (TPSA) is 106 Å². The predicted molar refractivity (Wildman–Crippen MR) is 96.7 cm³/mol. The summed E-state index contributed by atoms with van der Waals surface area (Å²) < 4.78 is 34.8. The quantitative estimate of drug-likeness (QED) is 0.494. The minimum atomic E-state index is -4.69. The lowest BCUT2D eigenvalue weighted by Crippen LogP contribution is -2.58. The fraction of sp³-hybridized carbons (Fsp3) is 0. The molecule has 0 bridgehead atoms. The Morgan fingerprint density at radius 3 is 1.64 bits per heavy atom. The molecule has 0 radical (unpaired) electrons. The third kappa shape index (κ3) is 5.67. The molecule has 0 amide bonds. The Bertz CT molecular complexity index is 944. The number of para-hydroxylation sites is 1. The van der Waals surface area contributed by atoms with Gasteiger partial charge in [0, 0.05) is 22.8 Å². The zero-order valence-corrected chi connectivity index (χ0v) is 16.1. The number of benzene rings is 3. The monoisotopic (exact) mass is 415 g/mol. The largest absolute Gasteiger partial charge is 0.303 e. The third-order valence-electron chi connectivity index (χ3n) is 3.62. The standard InChI is InChI=1S/C20H15N2S.ClHO4/c1-4-10-16(11-5-1)19-21-22(18-14-8-3-9-15-18)20(23-19)17-12-6-2-7-13-17;2-1(3,4)5/h1-15H;(H,2,3,4,5)/q+1;. The van der Waals surface area contributed by atoms with Crippen molar-refractivity contribution in [2.45, 2.75) is 0 Å². The summed E-state index contributed by atoms with van der Waals surface area (Å²) in [7, 11) is -4.69. The fourth-order valence-electron chi connectivity index (χ4n) is 2.49. The predicted octanol–water partition coefficient (Wildman–Crippen LogP) is 0.630. The molecule has 0 saturated heterocycles. The molecule has 28 heavy (non-hydrogen) atoms. The van der Waals surface area contributed by atoms with Gasteiger partial charge < -0.3 is 0 Å². The van der Waals surface area contributed by atoms with Crippen LogP contribution < -0.4 is 18.7 Å². The summed E-state index contributed by atoms with van der Waals surface area (Å²) in [5, 5.41) is 7.02. The highest BCUT2D eigenvalue weighted by Gasteiger charge is 2.24. The van der Waals surface area contributed by atoms with Crippen molar-refractivity contribution < 1.29 is 33.6 Å². The van der Waals surface area contributed by atoms with Gasteiger partial charge in [-0.3, -0.25) is 0 Å². The molecule has 0 saturated carbocycles. The van der Waals surface area contributed by atoms with Crippen LogP contribution in [-0.2, 0) is 0 Å². The highest BCUT2D eigenvalue weighted by molar-refractivity contribution is 7.17. The van der Waals surface area contributed by atoms with Crippen molar-refractivity contribution in [3.63, 3.8) is 0 Å². The number of nitrogens with zero attached hydrogens (tertiary/aromatic N) is 2. The molecule has 0 atom stereocenters. The first-order valence-corrected chi connectivity index (χ1v) is 10.2. The molecule has 0 fully saturated rings. The SMILES string of the molecule is [O-][Cl+3]([O-])([O-])O.c1ccc(-c2n[n+](-c3ccccc3)c(-c3ccccc3)s2)cc1. The molecule has 4 aromatic rings. The Balaban J connectivity index is 0.000000403. The van der Waals surface area contributed by atoms with Crippen molar-refractivity contribution in [3.8, 4) is 26.8 Å². The van der Waals surface area contributed by atoms with Crippen molar-refractivity contribution in [1.82, 2.24) is 5.10 Å². The molecule has 1 N–H and O–H groups in total. The molecule has 8 heteroatoms. The number of rotatable bonds is 3. The van der Waals surface area contributed by atoms with Gasteiger partial charge in [-0.1, -0.05) is 66.7 Å². The number of halogens is 1. The summed E-state index contributed by atoms with van der Waals surface area (Å²) in [4.78, 5) is 0. The molecule has 0 aliphatic heterocycles. The number of aromatic nitrogens is 2. The van der Waals surface area contributed by atoms with Crippen molar-refractivity contribution in [2.24, 2.45) is 0 Å². The van der Waals surface area contributed by atoms with Gasteiger partial charge in [0.15, 0.2) is 5.01 Å². The number of hydrogen-bond acceptors (Lipinski definition) is 6. The lowest BCUT2D eigenvalue weighted by Gasteiger charge is -2.03. The number of hydrogen-bond donors (Lipinski definition) is 1. The molecule has 0 aliphatic carbocycles. The van der Waals surface area contributed by atoms with Crippen LogP contribution in [0.4, 0.5) is 0 Å². The summed E-state index contributed by atoms with van der Waals surface area (Å²) in [6.07, 6.45) is 0. The van der Waals surface area contributed by atoms with E-state index in [2.05, 4.69) is 48.5 Å². The van der Waals surface area contributed by atoms with Gasteiger partial charge in [-0.15, -0.1) is 0 Å². The molecule has 0 aliphatic rings. The molecule has 6 nitrogen and oxygen atoms in total. The molecule has 1 aromatic heterocycles. The van der Waals surface area contributed by atoms with Crippen LogP contribution in [0.2, 0.25) is 0 Å². The molecule has 0 unspecified atom stereocenters. The maximum atomic E-state index is 8.60. The first-order valence-electron chi connectivity index (χ1n) is 8.14. The van der Waals surface area contributed by atoms with Crippen LogP contribution in [0.5, 0.6) is 0 Å². The van der Waals surface area contributed by atoms with Crippen LogP contribution in [0.15, 0.2) is 91.0 Å². The summed E-state index contributed by atoms with van der Waals surface area (Å²) in [6, 6.07) is 31.0. The van der Waals surface area contributed by atoms with Crippen molar-refractivity contribution in [2.75, 3.05) is 0 Å². The molecule has 0 spiro atoms. The van der Waals surface area contributed by atoms with Crippen LogP contribution in [0.1, 0.15) is 0 Å². The lowest BCUT2D eigenvalue weighted by atomic mass is 10.2. The first kappa shape index (κ1) is 20.1. The zero-order valence-electron chi connectivity index (χ0n) is 14.5. The van der Waals surface area contributed by atoms with E-state index in [0.29, 0.717) is 0 Å². The van der Waals surface area contributed by atoms with Gasteiger partial charge in [-0.05, 0) is 28.2 Å². The molecule has 1 heterocycles. The summed E-state index contributed by atoms with van der Waals surface area (Å²) >= 11 is 1.71. The summed E-state index contributed by atoms with van der Waals surface area (Å²) in [6.45, 7) is 0. The van der Waals surface area contributed by atoms with Gasteiger partial charge in [-0.25, -0.2) is 0 Å². The highest BCUT2D eigenvalue weighted by atomic mass is 35.7. The summed E-state index contributed by atoms with van der Waals surface area (Å²) in [5.74, 6) is 0. The first-order chi connectivity index (χ1) is 13.4. The van der Waals surface area contributed by atoms with Gasteiger partial charge in [0.2, 0.25) is 5.69 Å². The minimum absolute atomic E-state index is 1.02. The van der Waals surface area contributed by atoms with E-state index in [1.54, 1.807) is 11.3 Å². The normalized spacial score (nSPS) is 10.9. The second-order valence-electron chi connectivity index (χ2n) is 5.59. The maximum absolute atomic E-state index is 8.60. The van der Waals surface area contributed by atoms with E-state index in [1.165, 1.54) is 5.56 Å². The Morgan fingerprint density at radius 1 is 0.714 bits per heavy atom. The minimum Gasteiger partial charge on any atom is -0.183 e. The van der Waals surface area contributed by atoms with Crippen LogP contribution in [0.3, 0.4) is 0 Å². The maximum Gasteiger partial charge on any atom is 0.303 e. The van der Waals surface area contributed by atoms with E-state index in [0.717, 1.165) is 21.3 Å². The fourth-order valence-corrected chi connectivity index (χ4v) is 3.54. The highest BCUT2D eigenvalue weighted by Crippen LogP contribution is 2.29. The van der Waals surface area contributed by atoms with E-state index in [1.807, 2.05) is 47.1 Å². The Morgan fingerprint density at radius 2 is 1.14 bits per heavy atom.